The van der Waals surface area contributed by atoms with Crippen LogP contribution in [0.4, 0.5) is 0 Å². The van der Waals surface area contributed by atoms with Crippen LogP contribution in [0.25, 0.3) is 0 Å². The molecule has 2 unspecified atom stereocenters. The number of hydrogen-bond acceptors (Lipinski definition) is 3. The maximum Gasteiger partial charge on any atom is 0.157 e. The molecule has 0 aromatic carbocycles. The van der Waals surface area contributed by atoms with Crippen LogP contribution in [0.2, 0.25) is 0 Å². The molecule has 0 aromatic rings. The van der Waals surface area contributed by atoms with Crippen LogP contribution in [0.1, 0.15) is 47.0 Å². The highest BCUT2D eigenvalue weighted by atomic mass is 32.2. The summed E-state index contributed by atoms with van der Waals surface area (Å²) in [6.07, 6.45) is 3.75. The Labute approximate surface area is 98.3 Å². The zero-order valence-corrected chi connectivity index (χ0v) is 11.2. The Hall–Kier alpha value is -0.180. The van der Waals surface area contributed by atoms with Crippen molar-refractivity contribution in [2.24, 2.45) is 10.9 Å². The second-order valence-electron chi connectivity index (χ2n) is 4.94. The van der Waals surface area contributed by atoms with E-state index in [1.807, 2.05) is 11.8 Å². The van der Waals surface area contributed by atoms with Crippen molar-refractivity contribution < 1.29 is 0 Å². The molecule has 15 heavy (non-hydrogen) atoms. The highest BCUT2D eigenvalue weighted by Gasteiger charge is 2.13. The molecule has 1 aliphatic rings. The van der Waals surface area contributed by atoms with Gasteiger partial charge in [-0.2, -0.15) is 0 Å². The quantitative estimate of drug-likeness (QED) is 0.798. The van der Waals surface area contributed by atoms with Crippen LogP contribution in [0.3, 0.4) is 0 Å². The Balaban J connectivity index is 2.27. The smallest absolute Gasteiger partial charge is 0.157 e. The SMILES string of the molecule is CC(C)CCC(C)NC1=NC(C)CCS1. The van der Waals surface area contributed by atoms with E-state index in [-0.39, 0.29) is 0 Å². The fourth-order valence-corrected chi connectivity index (χ4v) is 2.76. The number of nitrogens with one attached hydrogen (secondary N) is 1. The zero-order chi connectivity index (χ0) is 11.3. The van der Waals surface area contributed by atoms with Gasteiger partial charge in [-0.3, -0.25) is 4.99 Å². The van der Waals surface area contributed by atoms with E-state index in [1.165, 1.54) is 25.0 Å². The van der Waals surface area contributed by atoms with Crippen molar-refractivity contribution in [3.63, 3.8) is 0 Å². The van der Waals surface area contributed by atoms with Crippen molar-refractivity contribution in [2.45, 2.75) is 59.0 Å². The lowest BCUT2D eigenvalue weighted by molar-refractivity contribution is 0.493. The average Bonchev–Trinajstić information content (AvgIpc) is 2.15. The summed E-state index contributed by atoms with van der Waals surface area (Å²) >= 11 is 1.87. The lowest BCUT2D eigenvalue weighted by Gasteiger charge is -2.21. The second kappa shape index (κ2) is 6.41. The van der Waals surface area contributed by atoms with Crippen molar-refractivity contribution >= 4 is 16.9 Å². The third kappa shape index (κ3) is 5.45. The van der Waals surface area contributed by atoms with E-state index in [4.69, 9.17) is 0 Å². The summed E-state index contributed by atoms with van der Waals surface area (Å²) in [6, 6.07) is 1.06. The molecule has 1 N–H and O–H groups in total. The van der Waals surface area contributed by atoms with Crippen LogP contribution in [0, 0.1) is 5.92 Å². The van der Waals surface area contributed by atoms with Crippen LogP contribution in [-0.2, 0) is 0 Å². The van der Waals surface area contributed by atoms with Crippen molar-refractivity contribution in [1.82, 2.24) is 5.32 Å². The predicted octanol–water partition coefficient (Wildman–Crippen LogP) is 3.28. The average molecular weight is 228 g/mol. The van der Waals surface area contributed by atoms with Gasteiger partial charge in [0.2, 0.25) is 0 Å². The van der Waals surface area contributed by atoms with Gasteiger partial charge in [0, 0.05) is 11.8 Å². The number of nitrogens with zero attached hydrogens (tertiary/aromatic N) is 1. The van der Waals surface area contributed by atoms with Crippen LogP contribution in [-0.4, -0.2) is 23.0 Å². The van der Waals surface area contributed by atoms with Gasteiger partial charge in [0.15, 0.2) is 5.17 Å². The monoisotopic (exact) mass is 228 g/mol. The van der Waals surface area contributed by atoms with Crippen LogP contribution in [0.15, 0.2) is 4.99 Å². The summed E-state index contributed by atoms with van der Waals surface area (Å²) in [4.78, 5) is 4.62. The molecule has 1 heterocycles. The Morgan fingerprint density at radius 1 is 1.40 bits per heavy atom. The van der Waals surface area contributed by atoms with Crippen molar-refractivity contribution in [2.75, 3.05) is 5.75 Å². The summed E-state index contributed by atoms with van der Waals surface area (Å²) in [6.45, 7) is 9.01. The van der Waals surface area contributed by atoms with Crippen LogP contribution in [0.5, 0.6) is 0 Å². The van der Waals surface area contributed by atoms with Gasteiger partial charge in [0.25, 0.3) is 0 Å². The number of rotatable bonds is 4. The Kier molecular flexibility index (Phi) is 5.51. The molecule has 0 aromatic heterocycles. The first-order valence-electron chi connectivity index (χ1n) is 6.05. The molecule has 0 fully saturated rings. The van der Waals surface area contributed by atoms with Gasteiger partial charge in [-0.25, -0.2) is 0 Å². The number of hydrogen-bond donors (Lipinski definition) is 1. The molecule has 0 spiro atoms. The molecule has 2 nitrogen and oxygen atoms in total. The largest absolute Gasteiger partial charge is 0.362 e. The molecule has 0 radical (unpaired) electrons. The zero-order valence-electron chi connectivity index (χ0n) is 10.4. The Morgan fingerprint density at radius 3 is 2.73 bits per heavy atom. The summed E-state index contributed by atoms with van der Waals surface area (Å²) in [5.41, 5.74) is 0. The van der Waals surface area contributed by atoms with E-state index in [0.717, 1.165) is 11.1 Å². The standard InChI is InChI=1S/C12H24N2S/c1-9(2)5-6-10(3)13-12-14-11(4)7-8-15-12/h9-11H,5-8H2,1-4H3,(H,13,14). The van der Waals surface area contributed by atoms with E-state index < -0.39 is 0 Å². The lowest BCUT2D eigenvalue weighted by atomic mass is 10.0. The first kappa shape index (κ1) is 12.9. The second-order valence-corrected chi connectivity index (χ2v) is 6.02. The molecule has 0 saturated heterocycles. The minimum atomic E-state index is 0.506. The molecule has 0 aliphatic carbocycles. The third-order valence-electron chi connectivity index (χ3n) is 2.66. The molecule has 0 amide bonds. The molecule has 0 bridgehead atoms. The highest BCUT2D eigenvalue weighted by molar-refractivity contribution is 8.13. The van der Waals surface area contributed by atoms with Gasteiger partial charge in [0.1, 0.15) is 0 Å². The Morgan fingerprint density at radius 2 is 2.13 bits per heavy atom. The predicted molar refractivity (Wildman–Crippen MR) is 70.6 cm³/mol. The topological polar surface area (TPSA) is 24.4 Å². The van der Waals surface area contributed by atoms with Gasteiger partial charge in [-0.15, -0.1) is 0 Å². The van der Waals surface area contributed by atoms with Crippen LogP contribution < -0.4 is 5.32 Å². The first-order chi connectivity index (χ1) is 7.08. The van der Waals surface area contributed by atoms with E-state index in [1.54, 1.807) is 0 Å². The lowest BCUT2D eigenvalue weighted by Crippen LogP contribution is -2.33. The van der Waals surface area contributed by atoms with Gasteiger partial charge < -0.3 is 5.32 Å². The fraction of sp³-hybridized carbons (Fsp3) is 0.917. The van der Waals surface area contributed by atoms with E-state index in [9.17, 15) is 0 Å². The fourth-order valence-electron chi connectivity index (χ4n) is 1.57. The summed E-state index contributed by atoms with van der Waals surface area (Å²) < 4.78 is 0. The molecule has 1 rings (SSSR count). The first-order valence-corrected chi connectivity index (χ1v) is 7.03. The van der Waals surface area contributed by atoms with Crippen LogP contribution >= 0.6 is 11.8 Å². The summed E-state index contributed by atoms with van der Waals surface area (Å²) in [5, 5.41) is 4.67. The van der Waals surface area contributed by atoms with Gasteiger partial charge in [-0.1, -0.05) is 25.6 Å². The Bertz CT molecular complexity index is 214. The van der Waals surface area contributed by atoms with E-state index in [2.05, 4.69) is 38.0 Å². The van der Waals surface area contributed by atoms with Crippen molar-refractivity contribution in [3.05, 3.63) is 0 Å². The molecule has 88 valence electrons. The molecule has 0 saturated carbocycles. The molecule has 3 heteroatoms. The number of aliphatic imine (C=N–C) groups is 1. The van der Waals surface area contributed by atoms with Crippen molar-refractivity contribution in [1.29, 1.82) is 0 Å². The summed E-state index contributed by atoms with van der Waals surface area (Å²) in [7, 11) is 0. The maximum atomic E-state index is 4.62. The van der Waals surface area contributed by atoms with Crippen molar-refractivity contribution in [3.8, 4) is 0 Å². The van der Waals surface area contributed by atoms with E-state index >= 15 is 0 Å². The number of thioether (sulfide) groups is 1. The highest BCUT2D eigenvalue weighted by Crippen LogP contribution is 2.16. The third-order valence-corrected chi connectivity index (χ3v) is 3.60. The number of amidine groups is 1. The van der Waals surface area contributed by atoms with Gasteiger partial charge in [-0.05, 0) is 39.0 Å². The normalized spacial score (nSPS) is 23.8. The minimum Gasteiger partial charge on any atom is -0.362 e. The van der Waals surface area contributed by atoms with E-state index in [0.29, 0.717) is 12.1 Å². The van der Waals surface area contributed by atoms with Gasteiger partial charge in [0.05, 0.1) is 6.04 Å². The van der Waals surface area contributed by atoms with Gasteiger partial charge >= 0.3 is 0 Å². The maximum absolute atomic E-state index is 4.62. The molecular formula is C12H24N2S. The molecular weight excluding hydrogens is 204 g/mol. The summed E-state index contributed by atoms with van der Waals surface area (Å²) in [5.74, 6) is 2.01. The molecule has 2 atom stereocenters. The molecule has 1 aliphatic heterocycles. The minimum absolute atomic E-state index is 0.506.